The topological polar surface area (TPSA) is 66.4 Å². The van der Waals surface area contributed by atoms with E-state index in [0.29, 0.717) is 0 Å². The summed E-state index contributed by atoms with van der Waals surface area (Å²) in [4.78, 5) is 23.0. The Labute approximate surface area is 124 Å². The van der Waals surface area contributed by atoms with Crippen molar-refractivity contribution >= 4 is 11.9 Å². The molecule has 0 aliphatic rings. The van der Waals surface area contributed by atoms with Gasteiger partial charge in [0.15, 0.2) is 0 Å². The largest absolute Gasteiger partial charge is 0.480 e. The number of amides is 1. The van der Waals surface area contributed by atoms with Gasteiger partial charge in [-0.25, -0.2) is 9.18 Å². The van der Waals surface area contributed by atoms with Gasteiger partial charge < -0.3 is 10.4 Å². The van der Waals surface area contributed by atoms with Gasteiger partial charge in [0.25, 0.3) is 0 Å². The van der Waals surface area contributed by atoms with Crippen LogP contribution in [-0.4, -0.2) is 29.2 Å². The molecule has 4 nitrogen and oxygen atoms in total. The van der Waals surface area contributed by atoms with E-state index in [1.165, 1.54) is 32.0 Å². The van der Waals surface area contributed by atoms with Crippen LogP contribution in [0.5, 0.6) is 0 Å². The van der Waals surface area contributed by atoms with Gasteiger partial charge in [0, 0.05) is 5.56 Å². The predicted octanol–water partition coefficient (Wildman–Crippen LogP) is 2.63. The number of carbonyl (C=O) groups is 2. The molecule has 0 saturated carbocycles. The lowest BCUT2D eigenvalue weighted by atomic mass is 9.83. The molecule has 122 valence electrons. The van der Waals surface area contributed by atoms with Crippen LogP contribution < -0.4 is 5.32 Å². The molecule has 1 amide bonds. The third kappa shape index (κ3) is 4.44. The number of carboxylic acid groups (broad SMARTS) is 1. The Kier molecular flexibility index (Phi) is 5.16. The summed E-state index contributed by atoms with van der Waals surface area (Å²) in [7, 11) is 0. The predicted molar refractivity (Wildman–Crippen MR) is 69.7 cm³/mol. The maximum absolute atomic E-state index is 13.7. The van der Waals surface area contributed by atoms with Crippen LogP contribution >= 0.6 is 0 Å². The molecule has 0 spiro atoms. The van der Waals surface area contributed by atoms with Gasteiger partial charge in [-0.2, -0.15) is 13.2 Å². The van der Waals surface area contributed by atoms with Crippen LogP contribution in [0.15, 0.2) is 24.3 Å². The number of hydrogen-bond acceptors (Lipinski definition) is 2. The second-order valence-corrected chi connectivity index (χ2v) is 5.29. The Balaban J connectivity index is 2.98. The van der Waals surface area contributed by atoms with Crippen molar-refractivity contribution in [2.45, 2.75) is 37.9 Å². The normalized spacial score (nSPS) is 13.5. The zero-order valence-electron chi connectivity index (χ0n) is 11.9. The lowest BCUT2D eigenvalue weighted by Gasteiger charge is -2.27. The van der Waals surface area contributed by atoms with E-state index in [1.807, 2.05) is 5.32 Å². The fraction of sp³-hybridized carbons (Fsp3) is 0.429. The van der Waals surface area contributed by atoms with E-state index >= 15 is 0 Å². The van der Waals surface area contributed by atoms with E-state index in [4.69, 9.17) is 5.11 Å². The molecule has 1 aromatic carbocycles. The van der Waals surface area contributed by atoms with Crippen molar-refractivity contribution in [1.29, 1.82) is 0 Å². The maximum atomic E-state index is 13.7. The van der Waals surface area contributed by atoms with Crippen molar-refractivity contribution in [1.82, 2.24) is 5.32 Å². The molecule has 0 aliphatic heterocycles. The summed E-state index contributed by atoms with van der Waals surface area (Å²) >= 11 is 0. The number of aliphatic carboxylic acids is 1. The first-order valence-electron chi connectivity index (χ1n) is 6.30. The standard InChI is InChI=1S/C14H15F4NO3/c1-13(2,8-5-3-4-6-9(8)15)12(22)19-10(11(20)21)7-14(16,17)18/h3-6,10H,7H2,1-2H3,(H,19,22)(H,20,21). The molecule has 22 heavy (non-hydrogen) atoms. The Hall–Kier alpha value is -2.12. The molecule has 0 aliphatic carbocycles. The van der Waals surface area contributed by atoms with E-state index in [1.54, 1.807) is 0 Å². The summed E-state index contributed by atoms with van der Waals surface area (Å²) < 4.78 is 50.7. The van der Waals surface area contributed by atoms with Crippen LogP contribution in [0.4, 0.5) is 17.6 Å². The minimum absolute atomic E-state index is 0.0383. The van der Waals surface area contributed by atoms with Crippen LogP contribution in [0.2, 0.25) is 0 Å². The van der Waals surface area contributed by atoms with Crippen molar-refractivity contribution in [2.75, 3.05) is 0 Å². The fourth-order valence-corrected chi connectivity index (χ4v) is 1.86. The first-order valence-corrected chi connectivity index (χ1v) is 6.30. The zero-order valence-corrected chi connectivity index (χ0v) is 11.9. The third-order valence-corrected chi connectivity index (χ3v) is 3.15. The fourth-order valence-electron chi connectivity index (χ4n) is 1.86. The molecular weight excluding hydrogens is 306 g/mol. The monoisotopic (exact) mass is 321 g/mol. The summed E-state index contributed by atoms with van der Waals surface area (Å²) in [5, 5.41) is 10.6. The van der Waals surface area contributed by atoms with Gasteiger partial charge in [-0.1, -0.05) is 18.2 Å². The zero-order chi connectivity index (χ0) is 17.1. The average Bonchev–Trinajstić information content (AvgIpc) is 2.36. The lowest BCUT2D eigenvalue weighted by molar-refractivity contribution is -0.160. The van der Waals surface area contributed by atoms with Crippen molar-refractivity contribution in [2.24, 2.45) is 0 Å². The molecule has 1 rings (SSSR count). The first kappa shape index (κ1) is 17.9. The molecule has 0 bridgehead atoms. The molecule has 1 unspecified atom stereocenters. The summed E-state index contributed by atoms with van der Waals surface area (Å²) in [5.74, 6) is -3.52. The van der Waals surface area contributed by atoms with E-state index in [2.05, 4.69) is 0 Å². The number of nitrogens with one attached hydrogen (secondary N) is 1. The second-order valence-electron chi connectivity index (χ2n) is 5.29. The smallest absolute Gasteiger partial charge is 0.391 e. The highest BCUT2D eigenvalue weighted by atomic mass is 19.4. The molecule has 0 aromatic heterocycles. The van der Waals surface area contributed by atoms with E-state index < -0.39 is 41.7 Å². The van der Waals surface area contributed by atoms with Gasteiger partial charge in [-0.3, -0.25) is 4.79 Å². The lowest BCUT2D eigenvalue weighted by Crippen LogP contribution is -2.50. The van der Waals surface area contributed by atoms with E-state index in [0.717, 1.165) is 6.07 Å². The van der Waals surface area contributed by atoms with E-state index in [-0.39, 0.29) is 5.56 Å². The molecule has 0 fully saturated rings. The molecule has 0 saturated heterocycles. The van der Waals surface area contributed by atoms with Gasteiger partial charge >= 0.3 is 12.1 Å². The molecule has 8 heteroatoms. The molecule has 0 heterocycles. The van der Waals surface area contributed by atoms with Crippen LogP contribution in [-0.2, 0) is 15.0 Å². The third-order valence-electron chi connectivity index (χ3n) is 3.15. The Morgan fingerprint density at radius 1 is 1.23 bits per heavy atom. The molecule has 1 atom stereocenters. The van der Waals surface area contributed by atoms with Crippen LogP contribution in [0.25, 0.3) is 0 Å². The van der Waals surface area contributed by atoms with Crippen LogP contribution in [0.1, 0.15) is 25.8 Å². The number of halogens is 4. The maximum Gasteiger partial charge on any atom is 0.391 e. The van der Waals surface area contributed by atoms with Crippen molar-refractivity contribution in [3.05, 3.63) is 35.6 Å². The minimum Gasteiger partial charge on any atom is -0.480 e. The Bertz CT molecular complexity index is 569. The number of alkyl halides is 3. The number of benzene rings is 1. The van der Waals surface area contributed by atoms with Crippen molar-refractivity contribution in [3.63, 3.8) is 0 Å². The number of carbonyl (C=O) groups excluding carboxylic acids is 1. The number of carboxylic acids is 1. The van der Waals surface area contributed by atoms with Gasteiger partial charge in [0.2, 0.25) is 5.91 Å². The van der Waals surface area contributed by atoms with Crippen LogP contribution in [0, 0.1) is 5.82 Å². The summed E-state index contributed by atoms with van der Waals surface area (Å²) in [6, 6.07) is 3.16. The van der Waals surface area contributed by atoms with Crippen molar-refractivity contribution < 1.29 is 32.3 Å². The highest BCUT2D eigenvalue weighted by Gasteiger charge is 2.39. The van der Waals surface area contributed by atoms with Crippen molar-refractivity contribution in [3.8, 4) is 0 Å². The molecular formula is C14H15F4NO3. The van der Waals surface area contributed by atoms with Gasteiger partial charge in [0.05, 0.1) is 11.8 Å². The van der Waals surface area contributed by atoms with Gasteiger partial charge in [0.1, 0.15) is 11.9 Å². The highest BCUT2D eigenvalue weighted by Crippen LogP contribution is 2.27. The number of hydrogen-bond donors (Lipinski definition) is 2. The average molecular weight is 321 g/mol. The molecule has 0 radical (unpaired) electrons. The highest BCUT2D eigenvalue weighted by molar-refractivity contribution is 5.90. The van der Waals surface area contributed by atoms with Gasteiger partial charge in [-0.15, -0.1) is 0 Å². The Morgan fingerprint density at radius 2 is 1.77 bits per heavy atom. The molecule has 1 aromatic rings. The summed E-state index contributed by atoms with van der Waals surface area (Å²) in [6.45, 7) is 2.60. The Morgan fingerprint density at radius 3 is 2.23 bits per heavy atom. The van der Waals surface area contributed by atoms with Crippen LogP contribution in [0.3, 0.4) is 0 Å². The summed E-state index contributed by atoms with van der Waals surface area (Å²) in [5.41, 5.74) is -1.56. The summed E-state index contributed by atoms with van der Waals surface area (Å²) in [6.07, 6.45) is -6.46. The van der Waals surface area contributed by atoms with Gasteiger partial charge in [-0.05, 0) is 19.9 Å². The SMILES string of the molecule is CC(C)(C(=O)NC(CC(F)(F)F)C(=O)O)c1ccccc1F. The molecule has 2 N–H and O–H groups in total. The number of rotatable bonds is 5. The first-order chi connectivity index (χ1) is 9.95. The minimum atomic E-state index is -4.75. The second kappa shape index (κ2) is 6.33. The quantitative estimate of drug-likeness (QED) is 0.819. The van der Waals surface area contributed by atoms with E-state index in [9.17, 15) is 27.2 Å².